The summed E-state index contributed by atoms with van der Waals surface area (Å²) in [5, 5.41) is 0. The molecule has 0 unspecified atom stereocenters. The number of benzene rings is 1. The second-order valence-electron chi connectivity index (χ2n) is 3.37. The second kappa shape index (κ2) is 2.84. The molecule has 2 nitrogen and oxygen atoms in total. The quantitative estimate of drug-likeness (QED) is 0.691. The molecule has 0 aliphatic rings. The first kappa shape index (κ1) is 8.75. The molecule has 0 radical (unpaired) electrons. The van der Waals surface area contributed by atoms with Crippen LogP contribution in [-0.2, 0) is 7.05 Å². The Morgan fingerprint density at radius 2 is 1.85 bits per heavy atom. The van der Waals surface area contributed by atoms with E-state index in [0.29, 0.717) is 0 Å². The van der Waals surface area contributed by atoms with Gasteiger partial charge in [0, 0.05) is 7.05 Å². The van der Waals surface area contributed by atoms with Gasteiger partial charge in [-0.2, -0.15) is 0 Å². The summed E-state index contributed by atoms with van der Waals surface area (Å²) >= 11 is 3.41. The van der Waals surface area contributed by atoms with E-state index in [0.717, 1.165) is 10.3 Å². The number of rotatable bonds is 0. The highest BCUT2D eigenvalue weighted by Gasteiger charge is 2.05. The third-order valence-corrected chi connectivity index (χ3v) is 3.15. The maximum absolute atomic E-state index is 4.39. The van der Waals surface area contributed by atoms with Gasteiger partial charge in [-0.15, -0.1) is 0 Å². The van der Waals surface area contributed by atoms with Gasteiger partial charge in [0.2, 0.25) is 0 Å². The standard InChI is InChI=1S/C10H11BrN2/c1-6-4-8-9(5-7(6)2)13(3)10(11)12-8/h4-5H,1-3H3. The van der Waals surface area contributed by atoms with E-state index in [1.54, 1.807) is 0 Å². The van der Waals surface area contributed by atoms with Crippen molar-refractivity contribution in [1.82, 2.24) is 9.55 Å². The van der Waals surface area contributed by atoms with Crippen molar-refractivity contribution in [3.8, 4) is 0 Å². The van der Waals surface area contributed by atoms with Crippen molar-refractivity contribution >= 4 is 27.0 Å². The molecule has 0 atom stereocenters. The fourth-order valence-electron chi connectivity index (χ4n) is 1.42. The van der Waals surface area contributed by atoms with E-state index >= 15 is 0 Å². The lowest BCUT2D eigenvalue weighted by atomic mass is 10.1. The third-order valence-electron chi connectivity index (χ3n) is 2.44. The molecular weight excluding hydrogens is 228 g/mol. The normalized spacial score (nSPS) is 11.1. The Kier molecular flexibility index (Phi) is 1.91. The van der Waals surface area contributed by atoms with Crippen LogP contribution in [0, 0.1) is 13.8 Å². The minimum Gasteiger partial charge on any atom is -0.322 e. The molecule has 3 heteroatoms. The molecule has 2 aromatic rings. The van der Waals surface area contributed by atoms with Crippen LogP contribution in [0.2, 0.25) is 0 Å². The summed E-state index contributed by atoms with van der Waals surface area (Å²) in [5.74, 6) is 0. The summed E-state index contributed by atoms with van der Waals surface area (Å²) in [4.78, 5) is 4.39. The summed E-state index contributed by atoms with van der Waals surface area (Å²) in [7, 11) is 2.01. The zero-order chi connectivity index (χ0) is 9.59. The van der Waals surface area contributed by atoms with Crippen LogP contribution in [-0.4, -0.2) is 9.55 Å². The molecule has 13 heavy (non-hydrogen) atoms. The lowest BCUT2D eigenvalue weighted by Crippen LogP contribution is -1.88. The molecular formula is C10H11BrN2. The first-order valence-corrected chi connectivity index (χ1v) is 4.98. The minimum absolute atomic E-state index is 0.882. The monoisotopic (exact) mass is 238 g/mol. The molecule has 2 rings (SSSR count). The van der Waals surface area contributed by atoms with Crippen LogP contribution >= 0.6 is 15.9 Å². The Bertz CT molecular complexity index is 471. The summed E-state index contributed by atoms with van der Waals surface area (Å²) < 4.78 is 2.93. The summed E-state index contributed by atoms with van der Waals surface area (Å²) in [6.45, 7) is 4.23. The van der Waals surface area contributed by atoms with Crippen molar-refractivity contribution in [2.45, 2.75) is 13.8 Å². The minimum atomic E-state index is 0.882. The van der Waals surface area contributed by atoms with E-state index in [4.69, 9.17) is 0 Å². The van der Waals surface area contributed by atoms with Gasteiger partial charge >= 0.3 is 0 Å². The van der Waals surface area contributed by atoms with Crippen LogP contribution in [0.15, 0.2) is 16.9 Å². The van der Waals surface area contributed by atoms with Crippen LogP contribution in [0.4, 0.5) is 0 Å². The number of nitrogens with zero attached hydrogens (tertiary/aromatic N) is 2. The number of hydrogen-bond donors (Lipinski definition) is 0. The largest absolute Gasteiger partial charge is 0.322 e. The molecule has 1 aromatic carbocycles. The van der Waals surface area contributed by atoms with Gasteiger partial charge < -0.3 is 4.57 Å². The molecule has 0 fully saturated rings. The predicted octanol–water partition coefficient (Wildman–Crippen LogP) is 2.95. The van der Waals surface area contributed by atoms with E-state index in [2.05, 4.69) is 46.9 Å². The Labute approximate surface area is 85.7 Å². The van der Waals surface area contributed by atoms with Crippen molar-refractivity contribution in [2.24, 2.45) is 7.05 Å². The Hall–Kier alpha value is -0.830. The van der Waals surface area contributed by atoms with Crippen molar-refractivity contribution in [1.29, 1.82) is 0 Å². The zero-order valence-corrected chi connectivity index (χ0v) is 9.51. The van der Waals surface area contributed by atoms with Gasteiger partial charge in [-0.3, -0.25) is 0 Å². The lowest BCUT2D eigenvalue weighted by Gasteiger charge is -2.00. The fourth-order valence-corrected chi connectivity index (χ4v) is 1.80. The molecule has 0 aliphatic heterocycles. The first-order valence-electron chi connectivity index (χ1n) is 4.19. The zero-order valence-electron chi connectivity index (χ0n) is 7.93. The van der Waals surface area contributed by atoms with Gasteiger partial charge in [0.15, 0.2) is 4.73 Å². The van der Waals surface area contributed by atoms with Crippen LogP contribution < -0.4 is 0 Å². The molecule has 1 aromatic heterocycles. The van der Waals surface area contributed by atoms with Crippen LogP contribution in [0.25, 0.3) is 11.0 Å². The van der Waals surface area contributed by atoms with Crippen molar-refractivity contribution in [3.63, 3.8) is 0 Å². The van der Waals surface area contributed by atoms with Gasteiger partial charge in [0.25, 0.3) is 0 Å². The van der Waals surface area contributed by atoms with E-state index in [1.807, 2.05) is 11.6 Å². The van der Waals surface area contributed by atoms with E-state index in [1.165, 1.54) is 16.6 Å². The molecule has 0 amide bonds. The highest BCUT2D eigenvalue weighted by molar-refractivity contribution is 9.10. The molecule has 0 spiro atoms. The summed E-state index contributed by atoms with van der Waals surface area (Å²) in [6, 6.07) is 4.29. The van der Waals surface area contributed by atoms with Crippen molar-refractivity contribution < 1.29 is 0 Å². The number of hydrogen-bond acceptors (Lipinski definition) is 1. The average Bonchev–Trinajstić information content (AvgIpc) is 2.32. The topological polar surface area (TPSA) is 17.8 Å². The predicted molar refractivity (Wildman–Crippen MR) is 57.9 cm³/mol. The molecule has 1 heterocycles. The van der Waals surface area contributed by atoms with Crippen molar-refractivity contribution in [2.75, 3.05) is 0 Å². The number of imidazole rings is 1. The van der Waals surface area contributed by atoms with Crippen LogP contribution in [0.1, 0.15) is 11.1 Å². The second-order valence-corrected chi connectivity index (χ2v) is 4.07. The number of fused-ring (bicyclic) bond motifs is 1. The third kappa shape index (κ3) is 1.27. The van der Waals surface area contributed by atoms with Crippen LogP contribution in [0.5, 0.6) is 0 Å². The van der Waals surface area contributed by atoms with E-state index in [9.17, 15) is 0 Å². The maximum Gasteiger partial charge on any atom is 0.177 e. The molecule has 0 saturated carbocycles. The van der Waals surface area contributed by atoms with E-state index in [-0.39, 0.29) is 0 Å². The van der Waals surface area contributed by atoms with E-state index < -0.39 is 0 Å². The molecule has 68 valence electrons. The molecule has 0 N–H and O–H groups in total. The average molecular weight is 239 g/mol. The molecule has 0 aliphatic carbocycles. The Morgan fingerprint density at radius 1 is 1.23 bits per heavy atom. The highest BCUT2D eigenvalue weighted by atomic mass is 79.9. The fraction of sp³-hybridized carbons (Fsp3) is 0.300. The first-order chi connectivity index (χ1) is 6.09. The van der Waals surface area contributed by atoms with Crippen LogP contribution in [0.3, 0.4) is 0 Å². The summed E-state index contributed by atoms with van der Waals surface area (Å²) in [6.07, 6.45) is 0. The number of halogens is 1. The van der Waals surface area contributed by atoms with Gasteiger partial charge in [0.1, 0.15) is 0 Å². The maximum atomic E-state index is 4.39. The van der Waals surface area contributed by atoms with Gasteiger partial charge in [-0.1, -0.05) is 0 Å². The molecule has 0 saturated heterocycles. The Balaban J connectivity index is 2.89. The molecule has 0 bridgehead atoms. The summed E-state index contributed by atoms with van der Waals surface area (Å²) in [5.41, 5.74) is 4.83. The SMILES string of the molecule is Cc1cc2nc(Br)n(C)c2cc1C. The lowest BCUT2D eigenvalue weighted by molar-refractivity contribution is 0.912. The van der Waals surface area contributed by atoms with Crippen molar-refractivity contribution in [3.05, 3.63) is 28.0 Å². The number of aryl methyl sites for hydroxylation is 3. The van der Waals surface area contributed by atoms with Gasteiger partial charge in [-0.25, -0.2) is 4.98 Å². The van der Waals surface area contributed by atoms with Gasteiger partial charge in [-0.05, 0) is 53.0 Å². The highest BCUT2D eigenvalue weighted by Crippen LogP contribution is 2.21. The number of aromatic nitrogens is 2. The Morgan fingerprint density at radius 3 is 2.54 bits per heavy atom. The van der Waals surface area contributed by atoms with Gasteiger partial charge in [0.05, 0.1) is 11.0 Å². The smallest absolute Gasteiger partial charge is 0.177 e.